The maximum Gasteiger partial charge on any atom is 0.469 e. The first-order valence-electron chi connectivity index (χ1n) is 21.3. The summed E-state index contributed by atoms with van der Waals surface area (Å²) in [5.74, 6) is -0.901. The zero-order valence-electron chi connectivity index (χ0n) is 34.2. The highest BCUT2D eigenvalue weighted by atomic mass is 31.2. The van der Waals surface area contributed by atoms with Crippen molar-refractivity contribution in [3.05, 3.63) is 24.3 Å². The summed E-state index contributed by atoms with van der Waals surface area (Å²) in [6, 6.07) is 0. The Balaban J connectivity index is 0. The lowest BCUT2D eigenvalue weighted by Crippen LogP contribution is -2.29. The minimum Gasteiger partial charge on any atom is -0.462 e. The summed E-state index contributed by atoms with van der Waals surface area (Å²) in [7, 11) is -4.75. The molecule has 0 aromatic rings. The Morgan fingerprint density at radius 1 is 0.537 bits per heavy atom. The zero-order valence-corrected chi connectivity index (χ0v) is 35.1. The smallest absolute Gasteiger partial charge is 0.462 e. The van der Waals surface area contributed by atoms with Crippen LogP contribution < -0.4 is 0 Å². The van der Waals surface area contributed by atoms with Crippen LogP contribution in [0.3, 0.4) is 0 Å². The standard InChI is InChI=1S/C39H73O8P.C3H8O3/c1-3-5-7-9-11-13-15-17-19-21-23-25-27-29-31-33-38(40)45-35-37(36-46-48(42,43)44)47-39(41)34-32-30-28-26-24-22-20-18-16-14-12-10-8-6-4-2;4-1-3(6)2-5/h17-20,37H,3-16,21-36H2,1-2H3,(H2,42,43,44);3-6H,1-2H2/b19-17-,20-18-;/t37-;/m1./s1. The van der Waals surface area contributed by atoms with E-state index in [2.05, 4.69) is 42.7 Å². The minimum atomic E-state index is -4.75. The molecule has 0 aliphatic carbocycles. The van der Waals surface area contributed by atoms with Crippen LogP contribution in [0.15, 0.2) is 24.3 Å². The van der Waals surface area contributed by atoms with Crippen molar-refractivity contribution in [3.63, 3.8) is 0 Å². The Kier molecular flexibility index (Phi) is 43.0. The van der Waals surface area contributed by atoms with Crippen LogP contribution in [0.4, 0.5) is 0 Å². The lowest BCUT2D eigenvalue weighted by atomic mass is 10.1. The average Bonchev–Trinajstić information content (AvgIpc) is 3.15. The van der Waals surface area contributed by atoms with Crippen molar-refractivity contribution in [1.29, 1.82) is 0 Å². The van der Waals surface area contributed by atoms with E-state index in [4.69, 9.17) is 34.6 Å². The summed E-state index contributed by atoms with van der Waals surface area (Å²) in [6.45, 7) is 2.93. The molecular formula is C42H81O11P. The second kappa shape index (κ2) is 42.6. The van der Waals surface area contributed by atoms with Crippen LogP contribution in [0, 0.1) is 0 Å². The largest absolute Gasteiger partial charge is 0.469 e. The van der Waals surface area contributed by atoms with Gasteiger partial charge in [0.25, 0.3) is 0 Å². The van der Waals surface area contributed by atoms with Crippen LogP contribution >= 0.6 is 7.82 Å². The molecule has 0 aromatic carbocycles. The number of carbonyl (C=O) groups is 2. The first kappa shape index (κ1) is 54.5. The molecule has 0 radical (unpaired) electrons. The number of aliphatic hydroxyl groups is 3. The number of esters is 2. The monoisotopic (exact) mass is 793 g/mol. The molecular weight excluding hydrogens is 711 g/mol. The maximum atomic E-state index is 12.4. The first-order valence-corrected chi connectivity index (χ1v) is 22.9. The van der Waals surface area contributed by atoms with E-state index in [-0.39, 0.29) is 32.7 Å². The van der Waals surface area contributed by atoms with Crippen LogP contribution in [0.25, 0.3) is 0 Å². The third-order valence-corrected chi connectivity index (χ3v) is 9.35. The molecule has 0 amide bonds. The van der Waals surface area contributed by atoms with Crippen molar-refractivity contribution in [2.75, 3.05) is 26.4 Å². The van der Waals surface area contributed by atoms with Crippen molar-refractivity contribution >= 4 is 19.8 Å². The number of phosphoric acid groups is 1. The summed E-state index contributed by atoms with van der Waals surface area (Å²) >= 11 is 0. The highest BCUT2D eigenvalue weighted by molar-refractivity contribution is 7.46. The van der Waals surface area contributed by atoms with Crippen LogP contribution in [0.1, 0.15) is 194 Å². The molecule has 11 nitrogen and oxygen atoms in total. The molecule has 0 spiro atoms. The molecule has 0 saturated carbocycles. The molecule has 0 saturated heterocycles. The van der Waals surface area contributed by atoms with Crippen LogP contribution in [-0.2, 0) is 28.2 Å². The van der Waals surface area contributed by atoms with Gasteiger partial charge in [0.1, 0.15) is 12.7 Å². The van der Waals surface area contributed by atoms with Gasteiger partial charge in [0.05, 0.1) is 19.8 Å². The van der Waals surface area contributed by atoms with Gasteiger partial charge >= 0.3 is 19.8 Å². The normalized spacial score (nSPS) is 12.4. The Morgan fingerprint density at radius 2 is 0.889 bits per heavy atom. The summed E-state index contributed by atoms with van der Waals surface area (Å²) in [4.78, 5) is 42.7. The van der Waals surface area contributed by atoms with Crippen LogP contribution in [-0.4, -0.2) is 75.7 Å². The number of aliphatic hydroxyl groups excluding tert-OH is 3. The van der Waals surface area contributed by atoms with Gasteiger partial charge in [-0.2, -0.15) is 0 Å². The molecule has 0 unspecified atom stereocenters. The summed E-state index contributed by atoms with van der Waals surface area (Å²) < 4.78 is 26.3. The van der Waals surface area contributed by atoms with Crippen molar-refractivity contribution in [1.82, 2.24) is 0 Å². The number of hydrogen-bond donors (Lipinski definition) is 5. The van der Waals surface area contributed by atoms with Crippen LogP contribution in [0.5, 0.6) is 0 Å². The molecule has 12 heteroatoms. The van der Waals surface area contributed by atoms with Gasteiger partial charge in [-0.1, -0.05) is 141 Å². The minimum absolute atomic E-state index is 0.202. The molecule has 0 aliphatic heterocycles. The Morgan fingerprint density at radius 3 is 1.24 bits per heavy atom. The molecule has 320 valence electrons. The number of ether oxygens (including phenoxy) is 2. The lowest BCUT2D eigenvalue weighted by molar-refractivity contribution is -0.161. The SMILES string of the molecule is CCCCCCCC/C=C\CCCCCCCC(=O)OC[C@H](COP(=O)(O)O)OC(=O)CCCCCCC/C=C\CCCCCCCC.OCC(O)CO. The molecule has 0 rings (SSSR count). The van der Waals surface area contributed by atoms with Gasteiger partial charge in [-0.05, 0) is 64.2 Å². The Labute approximate surface area is 329 Å². The molecule has 5 N–H and O–H groups in total. The van der Waals surface area contributed by atoms with Crippen LogP contribution in [0.2, 0.25) is 0 Å². The average molecular weight is 793 g/mol. The number of phosphoric ester groups is 1. The van der Waals surface area contributed by atoms with E-state index in [9.17, 15) is 14.2 Å². The summed E-state index contributed by atoms with van der Waals surface area (Å²) in [6.07, 6.45) is 38.0. The van der Waals surface area contributed by atoms with Gasteiger partial charge in [0.2, 0.25) is 0 Å². The third kappa shape index (κ3) is 46.6. The number of unbranched alkanes of at least 4 members (excludes halogenated alkanes) is 22. The second-order valence-electron chi connectivity index (χ2n) is 14.3. The fourth-order valence-electron chi connectivity index (χ4n) is 5.54. The third-order valence-electron chi connectivity index (χ3n) is 8.86. The highest BCUT2D eigenvalue weighted by Crippen LogP contribution is 2.36. The second-order valence-corrected chi connectivity index (χ2v) is 15.5. The van der Waals surface area contributed by atoms with E-state index in [0.717, 1.165) is 64.2 Å². The van der Waals surface area contributed by atoms with Gasteiger partial charge in [0, 0.05) is 12.8 Å². The van der Waals surface area contributed by atoms with E-state index in [0.29, 0.717) is 12.8 Å². The molecule has 0 fully saturated rings. The van der Waals surface area contributed by atoms with Gasteiger partial charge in [-0.3, -0.25) is 14.1 Å². The van der Waals surface area contributed by atoms with E-state index in [1.807, 2.05) is 0 Å². The van der Waals surface area contributed by atoms with Crippen molar-refractivity contribution in [3.8, 4) is 0 Å². The Bertz CT molecular complexity index is 918. The zero-order chi connectivity index (χ0) is 40.4. The molecule has 0 aliphatic rings. The fraction of sp³-hybridized carbons (Fsp3) is 0.857. The summed E-state index contributed by atoms with van der Waals surface area (Å²) in [5, 5.41) is 24.0. The molecule has 1 atom stereocenters. The van der Waals surface area contributed by atoms with E-state index >= 15 is 0 Å². The number of carbonyl (C=O) groups excluding carboxylic acids is 2. The predicted octanol–water partition coefficient (Wildman–Crippen LogP) is 9.96. The van der Waals surface area contributed by atoms with Crippen molar-refractivity contribution < 1.29 is 53.3 Å². The quantitative estimate of drug-likeness (QED) is 0.0174. The predicted molar refractivity (Wildman–Crippen MR) is 218 cm³/mol. The van der Waals surface area contributed by atoms with Gasteiger partial charge < -0.3 is 34.6 Å². The van der Waals surface area contributed by atoms with Gasteiger partial charge in [-0.15, -0.1) is 0 Å². The van der Waals surface area contributed by atoms with Gasteiger partial charge in [-0.25, -0.2) is 4.57 Å². The van der Waals surface area contributed by atoms with E-state index in [1.165, 1.54) is 89.9 Å². The van der Waals surface area contributed by atoms with Crippen molar-refractivity contribution in [2.24, 2.45) is 0 Å². The topological polar surface area (TPSA) is 180 Å². The molecule has 0 heterocycles. The fourth-order valence-corrected chi connectivity index (χ4v) is 5.90. The molecule has 54 heavy (non-hydrogen) atoms. The highest BCUT2D eigenvalue weighted by Gasteiger charge is 2.22. The first-order chi connectivity index (χ1) is 26.1. The molecule has 0 bridgehead atoms. The lowest BCUT2D eigenvalue weighted by Gasteiger charge is -2.18. The maximum absolute atomic E-state index is 12.4. The van der Waals surface area contributed by atoms with Crippen molar-refractivity contribution in [2.45, 2.75) is 206 Å². The Hall–Kier alpha value is -1.59. The number of allylic oxidation sites excluding steroid dienone is 4. The number of hydrogen-bond acceptors (Lipinski definition) is 9. The summed E-state index contributed by atoms with van der Waals surface area (Å²) in [5.41, 5.74) is 0. The number of rotatable bonds is 38. The van der Waals surface area contributed by atoms with Gasteiger partial charge in [0.15, 0.2) is 6.10 Å². The van der Waals surface area contributed by atoms with E-state index < -0.39 is 38.6 Å². The van der Waals surface area contributed by atoms with E-state index in [1.54, 1.807) is 0 Å². The molecule has 0 aromatic heterocycles.